The first-order chi connectivity index (χ1) is 35.0. The molecule has 2 aromatic heterocycles. The Labute approximate surface area is 413 Å². The van der Waals surface area contributed by atoms with Crippen molar-refractivity contribution in [3.05, 3.63) is 177 Å². The number of carbonyl (C=O) groups excluding carboxylic acids is 1. The summed E-state index contributed by atoms with van der Waals surface area (Å²) >= 11 is 0. The van der Waals surface area contributed by atoms with Gasteiger partial charge in [0.15, 0.2) is 0 Å². The summed E-state index contributed by atoms with van der Waals surface area (Å²) in [6.45, 7) is -0.339. The molecule has 0 unspecified atom stereocenters. The number of methoxy groups -OCH3 is 2. The fourth-order valence-electron chi connectivity index (χ4n) is 8.67. The molecule has 17 heteroatoms. The second-order valence-electron chi connectivity index (χ2n) is 17.2. The lowest BCUT2D eigenvalue weighted by molar-refractivity contribution is -0.148. The lowest BCUT2D eigenvalue weighted by atomic mass is 9.92. The minimum atomic E-state index is -1.37. The van der Waals surface area contributed by atoms with E-state index in [0.29, 0.717) is 21.8 Å². The van der Waals surface area contributed by atoms with Gasteiger partial charge in [0.25, 0.3) is 11.1 Å². The number of carboxylic acid groups (broad SMARTS) is 2. The van der Waals surface area contributed by atoms with Crippen LogP contribution in [-0.4, -0.2) is 84.7 Å². The number of aromatic nitrogens is 6. The number of carbonyl (C=O) groups is 3. The molecule has 2 N–H and O–H groups in total. The van der Waals surface area contributed by atoms with E-state index in [0.717, 1.165) is 54.2 Å². The number of hydrogen-bond acceptors (Lipinski definition) is 13. The lowest BCUT2D eigenvalue weighted by Crippen LogP contribution is -2.39. The molecule has 0 saturated heterocycles. The van der Waals surface area contributed by atoms with Crippen molar-refractivity contribution in [2.75, 3.05) is 14.2 Å². The van der Waals surface area contributed by atoms with Gasteiger partial charge < -0.3 is 29.2 Å². The van der Waals surface area contributed by atoms with Gasteiger partial charge in [-0.25, -0.2) is 14.2 Å². The Morgan fingerprint density at radius 3 is 1.18 bits per heavy atom. The van der Waals surface area contributed by atoms with Crippen molar-refractivity contribution in [3.63, 3.8) is 0 Å². The maximum Gasteiger partial charge on any atom is 0.508 e. The van der Waals surface area contributed by atoms with Crippen molar-refractivity contribution < 1.29 is 43.5 Å². The quantitative estimate of drug-likeness (QED) is 0.0610. The topological polar surface area (TPSA) is 224 Å². The van der Waals surface area contributed by atoms with Crippen molar-refractivity contribution in [2.45, 2.75) is 63.8 Å². The van der Waals surface area contributed by atoms with Gasteiger partial charge in [-0.2, -0.15) is 0 Å². The van der Waals surface area contributed by atoms with Crippen LogP contribution in [0.15, 0.2) is 155 Å². The van der Waals surface area contributed by atoms with Gasteiger partial charge in [0.1, 0.15) is 34.7 Å². The number of aliphatic carboxylic acids is 2. The third-order valence-electron chi connectivity index (χ3n) is 12.8. The van der Waals surface area contributed by atoms with Gasteiger partial charge in [-0.1, -0.05) is 107 Å². The number of carboxylic acids is 2. The van der Waals surface area contributed by atoms with E-state index in [1.54, 1.807) is 62.8 Å². The van der Waals surface area contributed by atoms with Crippen LogP contribution < -0.4 is 20.6 Å². The Morgan fingerprint density at radius 1 is 0.486 bits per heavy atom. The summed E-state index contributed by atoms with van der Waals surface area (Å²) in [7, 11) is 3.19. The third kappa shape index (κ3) is 12.2. The highest BCUT2D eigenvalue weighted by Gasteiger charge is 2.36. The molecule has 368 valence electrons. The summed E-state index contributed by atoms with van der Waals surface area (Å²) in [4.78, 5) is 67.3. The predicted molar refractivity (Wildman–Crippen MR) is 268 cm³/mol. The van der Waals surface area contributed by atoms with Crippen molar-refractivity contribution in [2.24, 2.45) is 11.8 Å². The maximum atomic E-state index is 14.2. The first kappa shape index (κ1) is 49.7. The first-order valence-electron chi connectivity index (χ1n) is 23.4. The molecule has 0 saturated carbocycles. The molecular weight excluding hydrogens is 921 g/mol. The number of aryl methyl sites for hydroxylation is 4. The van der Waals surface area contributed by atoms with E-state index in [2.05, 4.69) is 20.6 Å². The number of nitrogens with zero attached hydrogens (tertiary/aromatic N) is 6. The van der Waals surface area contributed by atoms with Gasteiger partial charge in [0.05, 0.1) is 36.8 Å². The summed E-state index contributed by atoms with van der Waals surface area (Å²) in [6, 6.07) is 43.8. The fourth-order valence-corrected chi connectivity index (χ4v) is 8.67. The van der Waals surface area contributed by atoms with E-state index in [1.165, 1.54) is 0 Å². The Balaban J connectivity index is 1.05. The van der Waals surface area contributed by atoms with Crippen LogP contribution in [0.1, 0.15) is 36.8 Å². The molecule has 4 atom stereocenters. The summed E-state index contributed by atoms with van der Waals surface area (Å²) < 4.78 is 24.7. The van der Waals surface area contributed by atoms with E-state index >= 15 is 0 Å². The van der Waals surface area contributed by atoms with Crippen molar-refractivity contribution in [3.8, 4) is 33.8 Å². The fraction of sp³-hybridized carbons (Fsp3) is 0.255. The molecular formula is C55H52N6O11. The smallest absolute Gasteiger partial charge is 0.497 e. The zero-order valence-electron chi connectivity index (χ0n) is 39.6. The van der Waals surface area contributed by atoms with Gasteiger partial charge in [-0.15, -0.1) is 10.2 Å². The number of rotatable bonds is 22. The molecule has 72 heavy (non-hydrogen) atoms. The van der Waals surface area contributed by atoms with Crippen LogP contribution in [0.25, 0.3) is 44.1 Å². The standard InChI is InChI=1S/C55H52N6O11/c1-69-41-25-21-39(22-26-41)37-17-11-35(12-18-37)15-29-49(45(53(64)65)31-33-60-51(62)43-7-3-5-9-47(43)56-58-60)71-55(68)72-50(30-16-36-13-19-38(20-14-36)40-23-27-42(70-2)28-24-40)46(54(66)67)32-34-61-52(63)44-8-4-6-10-48(44)57-59-61/h3-14,17-28,45-46,49-50H,15-16,29-34H2,1-2H3,(H,64,65)(H,66,67)/t45-,46-,49-,50-/m0/s1. The minimum absolute atomic E-state index is 0.0172. The number of ether oxygens (including phenoxy) is 4. The highest BCUT2D eigenvalue weighted by Crippen LogP contribution is 2.28. The van der Waals surface area contributed by atoms with Crippen LogP contribution in [-0.2, 0) is 45.0 Å². The van der Waals surface area contributed by atoms with E-state index in [-0.39, 0.29) is 51.6 Å². The Bertz CT molecular complexity index is 3050. The third-order valence-corrected chi connectivity index (χ3v) is 12.8. The van der Waals surface area contributed by atoms with Gasteiger partial charge in [0.2, 0.25) is 0 Å². The van der Waals surface area contributed by atoms with Crippen LogP contribution in [0, 0.1) is 11.8 Å². The molecule has 0 radical (unpaired) electrons. The van der Waals surface area contributed by atoms with E-state index in [1.807, 2.05) is 97.1 Å². The molecule has 0 aliphatic carbocycles. The van der Waals surface area contributed by atoms with Gasteiger partial charge in [0, 0.05) is 13.1 Å². The monoisotopic (exact) mass is 972 g/mol. The number of hydrogen-bond donors (Lipinski definition) is 2. The molecule has 8 aromatic rings. The molecule has 0 aliphatic rings. The van der Waals surface area contributed by atoms with Crippen LogP contribution in [0.3, 0.4) is 0 Å². The molecule has 2 heterocycles. The maximum absolute atomic E-state index is 14.2. The molecule has 17 nitrogen and oxygen atoms in total. The normalized spacial score (nSPS) is 12.9. The zero-order valence-corrected chi connectivity index (χ0v) is 39.6. The largest absolute Gasteiger partial charge is 0.508 e. The van der Waals surface area contributed by atoms with Crippen molar-refractivity contribution >= 4 is 39.9 Å². The highest BCUT2D eigenvalue weighted by molar-refractivity contribution is 5.77. The van der Waals surface area contributed by atoms with Gasteiger partial charge >= 0.3 is 18.1 Å². The average Bonchev–Trinajstić information content (AvgIpc) is 3.41. The summed E-state index contributed by atoms with van der Waals surface area (Å²) in [5.41, 5.74) is 5.28. The summed E-state index contributed by atoms with van der Waals surface area (Å²) in [5.74, 6) is -3.90. The Kier molecular flexibility index (Phi) is 16.0. The Hall–Kier alpha value is -8.73. The van der Waals surface area contributed by atoms with Gasteiger partial charge in [-0.05, 0) is 120 Å². The average molecular weight is 973 g/mol. The second-order valence-corrected chi connectivity index (χ2v) is 17.2. The molecule has 0 bridgehead atoms. The van der Waals surface area contributed by atoms with Crippen molar-refractivity contribution in [1.82, 2.24) is 30.0 Å². The predicted octanol–water partition coefficient (Wildman–Crippen LogP) is 8.29. The number of benzene rings is 6. The Morgan fingerprint density at radius 2 is 0.833 bits per heavy atom. The van der Waals surface area contributed by atoms with Crippen LogP contribution in [0.2, 0.25) is 0 Å². The molecule has 8 rings (SSSR count). The van der Waals surface area contributed by atoms with Gasteiger partial charge in [-0.3, -0.25) is 19.2 Å². The zero-order chi connectivity index (χ0) is 50.6. The molecule has 6 aromatic carbocycles. The van der Waals surface area contributed by atoms with E-state index in [9.17, 15) is 34.2 Å². The second kappa shape index (κ2) is 23.3. The van der Waals surface area contributed by atoms with Crippen molar-refractivity contribution in [1.29, 1.82) is 0 Å². The van der Waals surface area contributed by atoms with Crippen LogP contribution >= 0.6 is 0 Å². The van der Waals surface area contributed by atoms with E-state index < -0.39 is 53.3 Å². The van der Waals surface area contributed by atoms with E-state index in [4.69, 9.17) is 18.9 Å². The SMILES string of the molecule is COc1ccc(-c2ccc(CC[C@H](OC(=O)O[C@@H](CCc3ccc(-c4ccc(OC)cc4)cc3)[C@H](CCn3nnc4ccccc4c3=O)C(=O)O)[C@H](CCn3nnc4ccccc4c3=O)C(=O)O)cc2)cc1. The minimum Gasteiger partial charge on any atom is -0.497 e. The summed E-state index contributed by atoms with van der Waals surface area (Å²) in [6.07, 6.45) is -3.71. The molecule has 0 fully saturated rings. The van der Waals surface area contributed by atoms with Crippen LogP contribution in [0.5, 0.6) is 11.5 Å². The first-order valence-corrected chi connectivity index (χ1v) is 23.4. The van der Waals surface area contributed by atoms with Crippen LogP contribution in [0.4, 0.5) is 4.79 Å². The molecule has 0 aliphatic heterocycles. The number of fused-ring (bicyclic) bond motifs is 2. The molecule has 0 amide bonds. The molecule has 0 spiro atoms. The summed E-state index contributed by atoms with van der Waals surface area (Å²) in [5, 5.41) is 38.4. The highest BCUT2D eigenvalue weighted by atomic mass is 16.7. The lowest BCUT2D eigenvalue weighted by Gasteiger charge is -2.27.